The molecule has 78 valence electrons. The molecule has 5 heteroatoms. The number of rotatable bonds is 1. The maximum Gasteiger partial charge on any atom is 0.221 e. The molecule has 0 aliphatic rings. The van der Waals surface area contributed by atoms with Crippen molar-refractivity contribution in [2.45, 2.75) is 6.92 Å². The van der Waals surface area contributed by atoms with E-state index >= 15 is 0 Å². The number of hydrogen-bond donors (Lipinski definition) is 0. The lowest BCUT2D eigenvalue weighted by molar-refractivity contribution is 0.588. The lowest BCUT2D eigenvalue weighted by atomic mass is 10.2. The van der Waals surface area contributed by atoms with Crippen molar-refractivity contribution in [2.75, 3.05) is 0 Å². The predicted octanol–water partition coefficient (Wildman–Crippen LogP) is 4.67. The Kier molecular flexibility index (Phi) is 3.09. The zero-order valence-corrected chi connectivity index (χ0v) is 10.9. The van der Waals surface area contributed by atoms with Crippen LogP contribution in [0.15, 0.2) is 22.8 Å². The van der Waals surface area contributed by atoms with Crippen LogP contribution in [-0.2, 0) is 0 Å². The van der Waals surface area contributed by atoms with Gasteiger partial charge in [0, 0.05) is 26.0 Å². The number of hydrogen-bond acceptors (Lipinski definition) is 2. The van der Waals surface area contributed by atoms with Crippen molar-refractivity contribution in [3.8, 4) is 10.4 Å². The standard InChI is InChI=1S/C10H6BrClFNS/c1-5-8(11)3-9(15-5)7-2-6(12)4-14-10(7)13/h2-4H,1H3. The molecular formula is C10H6BrClFNS. The van der Waals surface area contributed by atoms with Gasteiger partial charge in [-0.3, -0.25) is 0 Å². The minimum atomic E-state index is -0.492. The molecule has 2 aromatic heterocycles. The molecule has 0 aromatic carbocycles. The molecule has 0 aliphatic carbocycles. The fourth-order valence-electron chi connectivity index (χ4n) is 1.19. The fourth-order valence-corrected chi connectivity index (χ4v) is 2.89. The van der Waals surface area contributed by atoms with Gasteiger partial charge in [0.2, 0.25) is 5.95 Å². The molecule has 0 unspecified atom stereocenters. The van der Waals surface area contributed by atoms with Crippen LogP contribution in [0.2, 0.25) is 5.02 Å². The van der Waals surface area contributed by atoms with Crippen LogP contribution < -0.4 is 0 Å². The van der Waals surface area contributed by atoms with Gasteiger partial charge in [-0.2, -0.15) is 4.39 Å². The summed E-state index contributed by atoms with van der Waals surface area (Å²) in [6, 6.07) is 3.46. The monoisotopic (exact) mass is 305 g/mol. The number of nitrogens with zero attached hydrogens (tertiary/aromatic N) is 1. The number of thiophene rings is 1. The molecule has 0 spiro atoms. The molecule has 2 rings (SSSR count). The van der Waals surface area contributed by atoms with Crippen molar-refractivity contribution >= 4 is 38.9 Å². The zero-order chi connectivity index (χ0) is 11.0. The first-order valence-corrected chi connectivity index (χ1v) is 6.14. The first-order chi connectivity index (χ1) is 7.08. The third kappa shape index (κ3) is 2.22. The van der Waals surface area contributed by atoms with Crippen LogP contribution in [0.5, 0.6) is 0 Å². The lowest BCUT2D eigenvalue weighted by Gasteiger charge is -1.98. The Morgan fingerprint density at radius 1 is 1.47 bits per heavy atom. The summed E-state index contributed by atoms with van der Waals surface area (Å²) in [6.45, 7) is 1.97. The van der Waals surface area contributed by atoms with Crippen LogP contribution >= 0.6 is 38.9 Å². The van der Waals surface area contributed by atoms with Crippen molar-refractivity contribution in [1.82, 2.24) is 4.98 Å². The van der Waals surface area contributed by atoms with E-state index in [4.69, 9.17) is 11.6 Å². The summed E-state index contributed by atoms with van der Waals surface area (Å²) in [5.74, 6) is -0.492. The van der Waals surface area contributed by atoms with Crippen molar-refractivity contribution in [3.63, 3.8) is 0 Å². The van der Waals surface area contributed by atoms with Crippen molar-refractivity contribution in [1.29, 1.82) is 0 Å². The Labute approximate surface area is 104 Å². The summed E-state index contributed by atoms with van der Waals surface area (Å²) in [7, 11) is 0. The molecule has 0 aliphatic heterocycles. The van der Waals surface area contributed by atoms with Gasteiger partial charge in [-0.1, -0.05) is 11.6 Å². The molecule has 1 nitrogen and oxygen atoms in total. The second-order valence-corrected chi connectivity index (χ2v) is 5.55. The van der Waals surface area contributed by atoms with Gasteiger partial charge in [-0.25, -0.2) is 4.98 Å². The van der Waals surface area contributed by atoms with Gasteiger partial charge in [0.25, 0.3) is 0 Å². The van der Waals surface area contributed by atoms with E-state index in [-0.39, 0.29) is 0 Å². The average Bonchev–Trinajstić information content (AvgIpc) is 2.51. The van der Waals surface area contributed by atoms with Gasteiger partial charge in [0.05, 0.1) is 5.02 Å². The highest BCUT2D eigenvalue weighted by Crippen LogP contribution is 2.35. The summed E-state index contributed by atoms with van der Waals surface area (Å²) >= 11 is 10.7. The Balaban J connectivity index is 2.58. The maximum absolute atomic E-state index is 13.4. The Bertz CT molecular complexity index is 493. The van der Waals surface area contributed by atoms with E-state index < -0.39 is 5.95 Å². The number of aromatic nitrogens is 1. The SMILES string of the molecule is Cc1sc(-c2cc(Cl)cnc2F)cc1Br. The molecule has 0 bridgehead atoms. The number of pyridine rings is 1. The topological polar surface area (TPSA) is 12.9 Å². The zero-order valence-electron chi connectivity index (χ0n) is 7.72. The normalized spacial score (nSPS) is 10.7. The van der Waals surface area contributed by atoms with Crippen molar-refractivity contribution in [2.24, 2.45) is 0 Å². The quantitative estimate of drug-likeness (QED) is 0.698. The van der Waals surface area contributed by atoms with Gasteiger partial charge >= 0.3 is 0 Å². The molecule has 0 N–H and O–H groups in total. The molecule has 2 aromatic rings. The maximum atomic E-state index is 13.4. The third-order valence-electron chi connectivity index (χ3n) is 1.93. The second-order valence-electron chi connectivity index (χ2n) is 3.01. The van der Waals surface area contributed by atoms with Crippen LogP contribution in [0.4, 0.5) is 4.39 Å². The molecule has 0 saturated heterocycles. The van der Waals surface area contributed by atoms with Gasteiger partial charge < -0.3 is 0 Å². The fraction of sp³-hybridized carbons (Fsp3) is 0.100. The first-order valence-electron chi connectivity index (χ1n) is 4.15. The summed E-state index contributed by atoms with van der Waals surface area (Å²) in [6.07, 6.45) is 1.30. The van der Waals surface area contributed by atoms with E-state index in [0.717, 1.165) is 14.2 Å². The molecular weight excluding hydrogens is 301 g/mol. The van der Waals surface area contributed by atoms with E-state index in [1.54, 1.807) is 6.07 Å². The molecule has 0 radical (unpaired) electrons. The summed E-state index contributed by atoms with van der Waals surface area (Å²) in [4.78, 5) is 5.51. The minimum absolute atomic E-state index is 0.438. The van der Waals surface area contributed by atoms with Gasteiger partial charge in [0.15, 0.2) is 0 Å². The smallest absolute Gasteiger partial charge is 0.221 e. The van der Waals surface area contributed by atoms with Crippen molar-refractivity contribution < 1.29 is 4.39 Å². The van der Waals surface area contributed by atoms with Crippen LogP contribution in [0.1, 0.15) is 4.88 Å². The highest BCUT2D eigenvalue weighted by atomic mass is 79.9. The van der Waals surface area contributed by atoms with Gasteiger partial charge in [0.1, 0.15) is 0 Å². The summed E-state index contributed by atoms with van der Waals surface area (Å²) < 4.78 is 14.4. The Hall–Kier alpha value is -0.450. The van der Waals surface area contributed by atoms with Crippen LogP contribution in [-0.4, -0.2) is 4.98 Å². The third-order valence-corrected chi connectivity index (χ3v) is 4.30. The van der Waals surface area contributed by atoms with Gasteiger partial charge in [-0.05, 0) is 35.0 Å². The second kappa shape index (κ2) is 4.20. The Morgan fingerprint density at radius 2 is 2.20 bits per heavy atom. The van der Waals surface area contributed by atoms with E-state index in [2.05, 4.69) is 20.9 Å². The average molecular weight is 307 g/mol. The van der Waals surface area contributed by atoms with Crippen LogP contribution in [0.25, 0.3) is 10.4 Å². The molecule has 0 fully saturated rings. The van der Waals surface area contributed by atoms with Crippen molar-refractivity contribution in [3.05, 3.63) is 38.6 Å². The van der Waals surface area contributed by atoms with Crippen LogP contribution in [0.3, 0.4) is 0 Å². The lowest BCUT2D eigenvalue weighted by Crippen LogP contribution is -1.86. The number of halogens is 3. The Morgan fingerprint density at radius 3 is 2.80 bits per heavy atom. The molecule has 0 amide bonds. The molecule has 0 atom stereocenters. The minimum Gasteiger partial charge on any atom is -0.226 e. The molecule has 2 heterocycles. The summed E-state index contributed by atoms with van der Waals surface area (Å²) in [5, 5.41) is 0.438. The molecule has 0 saturated carbocycles. The summed E-state index contributed by atoms with van der Waals surface area (Å²) in [5.41, 5.74) is 0.446. The van der Waals surface area contributed by atoms with E-state index in [9.17, 15) is 4.39 Å². The highest BCUT2D eigenvalue weighted by Gasteiger charge is 2.11. The molecule has 15 heavy (non-hydrogen) atoms. The predicted molar refractivity (Wildman–Crippen MR) is 65.0 cm³/mol. The van der Waals surface area contributed by atoms with E-state index in [1.807, 2.05) is 13.0 Å². The van der Waals surface area contributed by atoms with E-state index in [0.29, 0.717) is 10.6 Å². The van der Waals surface area contributed by atoms with Gasteiger partial charge in [-0.15, -0.1) is 11.3 Å². The number of aryl methyl sites for hydroxylation is 1. The largest absolute Gasteiger partial charge is 0.226 e. The highest BCUT2D eigenvalue weighted by molar-refractivity contribution is 9.10. The van der Waals surface area contributed by atoms with Crippen LogP contribution in [0, 0.1) is 12.9 Å². The van der Waals surface area contributed by atoms with E-state index in [1.165, 1.54) is 17.5 Å². The first kappa shape index (κ1) is 11.0.